The smallest absolute Gasteiger partial charge is 0.274 e. The van der Waals surface area contributed by atoms with Gasteiger partial charge in [0.25, 0.3) is 11.8 Å². The highest BCUT2D eigenvalue weighted by Gasteiger charge is 2.12. The summed E-state index contributed by atoms with van der Waals surface area (Å²) in [4.78, 5) is 23.8. The van der Waals surface area contributed by atoms with Gasteiger partial charge in [-0.15, -0.1) is 0 Å². The van der Waals surface area contributed by atoms with E-state index in [-0.39, 0.29) is 11.9 Å². The number of hydrogen-bond acceptors (Lipinski definition) is 3. The van der Waals surface area contributed by atoms with Crippen molar-refractivity contribution in [3.8, 4) is 5.69 Å². The number of nitrogens with zero attached hydrogens (tertiary/aromatic N) is 1. The van der Waals surface area contributed by atoms with E-state index in [1.54, 1.807) is 41.9 Å². The van der Waals surface area contributed by atoms with Gasteiger partial charge in [0.15, 0.2) is 0 Å². The van der Waals surface area contributed by atoms with Gasteiger partial charge >= 0.3 is 0 Å². The van der Waals surface area contributed by atoms with Gasteiger partial charge in [-0.25, -0.2) is 5.48 Å². The lowest BCUT2D eigenvalue weighted by molar-refractivity contribution is 0.0706. The topological polar surface area (TPSA) is 83.4 Å². The highest BCUT2D eigenvalue weighted by molar-refractivity contribution is 5.95. The van der Waals surface area contributed by atoms with Crippen LogP contribution < -0.4 is 10.8 Å². The van der Waals surface area contributed by atoms with E-state index in [0.717, 1.165) is 11.3 Å². The van der Waals surface area contributed by atoms with E-state index < -0.39 is 5.91 Å². The van der Waals surface area contributed by atoms with Crippen LogP contribution in [0.4, 0.5) is 0 Å². The molecule has 1 aromatic heterocycles. The molecule has 0 saturated carbocycles. The van der Waals surface area contributed by atoms with Crippen LogP contribution in [0.15, 0.2) is 73.1 Å². The average Bonchev–Trinajstić information content (AvgIpc) is 3.22. The summed E-state index contributed by atoms with van der Waals surface area (Å²) >= 11 is 0. The van der Waals surface area contributed by atoms with Gasteiger partial charge in [0.05, 0.1) is 6.04 Å². The number of amides is 2. The van der Waals surface area contributed by atoms with Crippen LogP contribution >= 0.6 is 0 Å². The molecule has 0 aliphatic heterocycles. The van der Waals surface area contributed by atoms with E-state index in [1.807, 2.05) is 48.1 Å². The van der Waals surface area contributed by atoms with Crippen molar-refractivity contribution in [2.75, 3.05) is 0 Å². The largest absolute Gasteiger partial charge is 0.346 e. The number of nitrogens with one attached hydrogen (secondary N) is 2. The standard InChI is InChI=1S/C20H19N3O3/c1-14(15-4-6-17(7-5-15)20(25)22-26)21-19(24)16-8-10-18(11-9-16)23-12-2-3-13-23/h2-14,26H,1H3,(H,21,24)(H,22,25). The molecule has 0 radical (unpaired) electrons. The Labute approximate surface area is 151 Å². The van der Waals surface area contributed by atoms with Crippen LogP contribution in [0.5, 0.6) is 0 Å². The first-order valence-electron chi connectivity index (χ1n) is 8.17. The zero-order valence-electron chi connectivity index (χ0n) is 14.2. The predicted octanol–water partition coefficient (Wildman–Crippen LogP) is 3.09. The second kappa shape index (κ2) is 7.67. The monoisotopic (exact) mass is 349 g/mol. The number of carbonyl (C=O) groups is 2. The molecule has 0 spiro atoms. The van der Waals surface area contributed by atoms with Crippen LogP contribution in [0, 0.1) is 0 Å². The number of aromatic nitrogens is 1. The van der Waals surface area contributed by atoms with E-state index in [0.29, 0.717) is 11.1 Å². The lowest BCUT2D eigenvalue weighted by Gasteiger charge is -2.15. The zero-order valence-corrected chi connectivity index (χ0v) is 14.2. The Morgan fingerprint density at radius 1 is 0.885 bits per heavy atom. The van der Waals surface area contributed by atoms with Crippen molar-refractivity contribution in [3.05, 3.63) is 89.7 Å². The molecule has 0 aliphatic rings. The van der Waals surface area contributed by atoms with Gasteiger partial charge in [0.1, 0.15) is 0 Å². The molecular weight excluding hydrogens is 330 g/mol. The van der Waals surface area contributed by atoms with Gasteiger partial charge < -0.3 is 9.88 Å². The fraction of sp³-hybridized carbons (Fsp3) is 0.100. The van der Waals surface area contributed by atoms with Crippen LogP contribution in [0.3, 0.4) is 0 Å². The van der Waals surface area contributed by atoms with Crippen molar-refractivity contribution < 1.29 is 14.8 Å². The van der Waals surface area contributed by atoms with Gasteiger partial charge in [-0.2, -0.15) is 0 Å². The lowest BCUT2D eigenvalue weighted by Crippen LogP contribution is -2.26. The Hall–Kier alpha value is -3.38. The second-order valence-electron chi connectivity index (χ2n) is 5.90. The summed E-state index contributed by atoms with van der Waals surface area (Å²) in [7, 11) is 0. The Morgan fingerprint density at radius 3 is 2.00 bits per heavy atom. The van der Waals surface area contributed by atoms with Crippen LogP contribution in [0.25, 0.3) is 5.69 Å². The van der Waals surface area contributed by atoms with Crippen LogP contribution in [0.1, 0.15) is 39.2 Å². The fourth-order valence-corrected chi connectivity index (χ4v) is 2.64. The Kier molecular flexibility index (Phi) is 5.15. The maximum absolute atomic E-state index is 12.4. The summed E-state index contributed by atoms with van der Waals surface area (Å²) in [6.07, 6.45) is 3.88. The van der Waals surface area contributed by atoms with E-state index in [2.05, 4.69) is 5.32 Å². The molecule has 1 atom stereocenters. The van der Waals surface area contributed by atoms with E-state index in [1.165, 1.54) is 0 Å². The van der Waals surface area contributed by atoms with Gasteiger partial charge in [0.2, 0.25) is 0 Å². The molecular formula is C20H19N3O3. The molecule has 0 bridgehead atoms. The summed E-state index contributed by atoms with van der Waals surface area (Å²) < 4.78 is 1.97. The van der Waals surface area contributed by atoms with Crippen LogP contribution in [-0.2, 0) is 0 Å². The van der Waals surface area contributed by atoms with Crippen molar-refractivity contribution >= 4 is 11.8 Å². The Morgan fingerprint density at radius 2 is 1.42 bits per heavy atom. The first-order chi connectivity index (χ1) is 12.6. The van der Waals surface area contributed by atoms with Gasteiger partial charge in [-0.1, -0.05) is 12.1 Å². The van der Waals surface area contributed by atoms with E-state index in [4.69, 9.17) is 5.21 Å². The maximum atomic E-state index is 12.4. The van der Waals surface area contributed by atoms with Gasteiger partial charge in [-0.3, -0.25) is 14.8 Å². The van der Waals surface area contributed by atoms with Crippen molar-refractivity contribution in [2.45, 2.75) is 13.0 Å². The highest BCUT2D eigenvalue weighted by Crippen LogP contribution is 2.15. The normalized spacial score (nSPS) is 11.6. The second-order valence-corrected chi connectivity index (χ2v) is 5.90. The highest BCUT2D eigenvalue weighted by atomic mass is 16.5. The predicted molar refractivity (Wildman–Crippen MR) is 97.3 cm³/mol. The summed E-state index contributed by atoms with van der Waals surface area (Å²) in [5.41, 5.74) is 4.35. The minimum atomic E-state index is -0.573. The SMILES string of the molecule is CC(NC(=O)c1ccc(-n2cccc2)cc1)c1ccc(C(=O)NO)cc1. The van der Waals surface area contributed by atoms with E-state index in [9.17, 15) is 9.59 Å². The fourth-order valence-electron chi connectivity index (χ4n) is 2.64. The molecule has 1 heterocycles. The van der Waals surface area contributed by atoms with Gasteiger partial charge in [-0.05, 0) is 61.0 Å². The van der Waals surface area contributed by atoms with E-state index >= 15 is 0 Å². The number of rotatable bonds is 5. The molecule has 3 aromatic rings. The molecule has 26 heavy (non-hydrogen) atoms. The molecule has 6 heteroatoms. The number of benzene rings is 2. The number of hydrogen-bond donors (Lipinski definition) is 3. The third-order valence-corrected chi connectivity index (χ3v) is 4.15. The lowest BCUT2D eigenvalue weighted by atomic mass is 10.1. The molecule has 132 valence electrons. The molecule has 2 amide bonds. The average molecular weight is 349 g/mol. The molecule has 6 nitrogen and oxygen atoms in total. The molecule has 0 fully saturated rings. The van der Waals surface area contributed by atoms with Gasteiger partial charge in [0, 0.05) is 29.2 Å². The maximum Gasteiger partial charge on any atom is 0.274 e. The van der Waals surface area contributed by atoms with Crippen LogP contribution in [0.2, 0.25) is 0 Å². The van der Waals surface area contributed by atoms with Crippen molar-refractivity contribution in [1.29, 1.82) is 0 Å². The Balaban J connectivity index is 1.66. The minimum Gasteiger partial charge on any atom is -0.346 e. The zero-order chi connectivity index (χ0) is 18.5. The summed E-state index contributed by atoms with van der Waals surface area (Å²) in [5.74, 6) is -0.746. The summed E-state index contributed by atoms with van der Waals surface area (Å²) in [5, 5.41) is 11.6. The molecule has 0 aliphatic carbocycles. The number of hydroxylamine groups is 1. The van der Waals surface area contributed by atoms with Crippen LogP contribution in [-0.4, -0.2) is 21.6 Å². The minimum absolute atomic E-state index is 0.172. The Bertz CT molecular complexity index is 885. The molecule has 1 unspecified atom stereocenters. The van der Waals surface area contributed by atoms with Crippen molar-refractivity contribution in [2.24, 2.45) is 0 Å². The first kappa shape index (κ1) is 17.4. The first-order valence-corrected chi connectivity index (χ1v) is 8.17. The third-order valence-electron chi connectivity index (χ3n) is 4.15. The summed E-state index contributed by atoms with van der Waals surface area (Å²) in [6, 6.07) is 17.7. The quantitative estimate of drug-likeness (QED) is 0.489. The molecule has 3 rings (SSSR count). The molecule has 2 aromatic carbocycles. The van der Waals surface area contributed by atoms with Crippen molar-refractivity contribution in [1.82, 2.24) is 15.4 Å². The summed E-state index contributed by atoms with van der Waals surface area (Å²) in [6.45, 7) is 1.87. The molecule has 3 N–H and O–H groups in total. The number of carbonyl (C=O) groups excluding carboxylic acids is 2. The third kappa shape index (κ3) is 3.81. The van der Waals surface area contributed by atoms with Crippen molar-refractivity contribution in [3.63, 3.8) is 0 Å². The molecule has 0 saturated heterocycles.